The molecule has 0 radical (unpaired) electrons. The molecule has 1 fully saturated rings. The van der Waals surface area contributed by atoms with Crippen molar-refractivity contribution < 1.29 is 14.0 Å². The Hall–Kier alpha value is -3.22. The molecule has 29 heavy (non-hydrogen) atoms. The van der Waals surface area contributed by atoms with Crippen LogP contribution in [-0.2, 0) is 9.59 Å². The zero-order chi connectivity index (χ0) is 20.0. The molecule has 2 amide bonds. The highest BCUT2D eigenvalue weighted by atomic mass is 19.1. The van der Waals surface area contributed by atoms with Crippen molar-refractivity contribution in [3.8, 4) is 0 Å². The summed E-state index contributed by atoms with van der Waals surface area (Å²) >= 11 is 0. The smallest absolute Gasteiger partial charge is 0.253 e. The number of aromatic nitrogens is 2. The van der Waals surface area contributed by atoms with Gasteiger partial charge in [0.25, 0.3) is 5.91 Å². The highest BCUT2D eigenvalue weighted by molar-refractivity contribution is 6.05. The SMILES string of the molecule is O=C(C[C@H]1C(=O)N(C2CCCC2)c2nc3ccccc3n21)Nc1ccccc1F. The van der Waals surface area contributed by atoms with Crippen LogP contribution in [0.25, 0.3) is 11.0 Å². The fraction of sp³-hybridized carbons (Fsp3) is 0.318. The first-order valence-corrected chi connectivity index (χ1v) is 9.98. The molecule has 3 aromatic rings. The summed E-state index contributed by atoms with van der Waals surface area (Å²) in [6.07, 6.45) is 4.01. The second-order valence-corrected chi connectivity index (χ2v) is 7.66. The van der Waals surface area contributed by atoms with E-state index in [-0.39, 0.29) is 24.1 Å². The van der Waals surface area contributed by atoms with Crippen LogP contribution in [0, 0.1) is 5.82 Å². The van der Waals surface area contributed by atoms with Gasteiger partial charge in [-0.05, 0) is 37.1 Å². The average Bonchev–Trinajstić information content (AvgIpc) is 3.41. The van der Waals surface area contributed by atoms with E-state index < -0.39 is 17.8 Å². The van der Waals surface area contributed by atoms with Gasteiger partial charge in [0.05, 0.1) is 23.1 Å². The van der Waals surface area contributed by atoms with Crippen LogP contribution in [0.5, 0.6) is 0 Å². The zero-order valence-electron chi connectivity index (χ0n) is 15.8. The molecule has 1 aliphatic carbocycles. The summed E-state index contributed by atoms with van der Waals surface area (Å²) in [5.41, 5.74) is 1.75. The van der Waals surface area contributed by atoms with Gasteiger partial charge in [0, 0.05) is 6.04 Å². The molecule has 0 saturated heterocycles. The number of halogens is 1. The molecule has 2 aromatic carbocycles. The molecule has 1 aromatic heterocycles. The first-order chi connectivity index (χ1) is 14.1. The van der Waals surface area contributed by atoms with Crippen molar-refractivity contribution in [2.24, 2.45) is 0 Å². The molecule has 1 aliphatic heterocycles. The lowest BCUT2D eigenvalue weighted by molar-refractivity contribution is -0.125. The summed E-state index contributed by atoms with van der Waals surface area (Å²) in [5.74, 6) is -0.383. The zero-order valence-corrected chi connectivity index (χ0v) is 15.8. The lowest BCUT2D eigenvalue weighted by atomic mass is 10.1. The molecule has 1 atom stereocenters. The van der Waals surface area contributed by atoms with Gasteiger partial charge < -0.3 is 5.32 Å². The molecular weight excluding hydrogens is 371 g/mol. The van der Waals surface area contributed by atoms with Crippen molar-refractivity contribution in [2.45, 2.75) is 44.2 Å². The second-order valence-electron chi connectivity index (χ2n) is 7.66. The van der Waals surface area contributed by atoms with E-state index in [2.05, 4.69) is 5.32 Å². The van der Waals surface area contributed by atoms with Gasteiger partial charge in [-0.25, -0.2) is 9.37 Å². The van der Waals surface area contributed by atoms with E-state index in [1.807, 2.05) is 28.8 Å². The van der Waals surface area contributed by atoms with Crippen LogP contribution in [0.2, 0.25) is 0 Å². The number of rotatable bonds is 4. The van der Waals surface area contributed by atoms with Crippen LogP contribution in [0.4, 0.5) is 16.0 Å². The molecule has 5 rings (SSSR count). The maximum absolute atomic E-state index is 13.9. The highest BCUT2D eigenvalue weighted by Crippen LogP contribution is 2.40. The summed E-state index contributed by atoms with van der Waals surface area (Å²) in [6, 6.07) is 13.1. The summed E-state index contributed by atoms with van der Waals surface area (Å²) in [4.78, 5) is 32.5. The Bertz CT molecular complexity index is 1100. The monoisotopic (exact) mass is 392 g/mol. The molecule has 0 spiro atoms. The Morgan fingerprint density at radius 2 is 1.83 bits per heavy atom. The Balaban J connectivity index is 1.49. The molecule has 2 heterocycles. The molecular formula is C22H21FN4O2. The fourth-order valence-electron chi connectivity index (χ4n) is 4.50. The Labute approximate surface area is 167 Å². The van der Waals surface area contributed by atoms with Gasteiger partial charge in [0.1, 0.15) is 11.9 Å². The van der Waals surface area contributed by atoms with E-state index in [1.54, 1.807) is 17.0 Å². The van der Waals surface area contributed by atoms with Crippen LogP contribution in [0.3, 0.4) is 0 Å². The van der Waals surface area contributed by atoms with Gasteiger partial charge in [0.15, 0.2) is 0 Å². The van der Waals surface area contributed by atoms with E-state index in [0.29, 0.717) is 5.95 Å². The average molecular weight is 392 g/mol. The number of imidazole rings is 1. The van der Waals surface area contributed by atoms with Crippen LogP contribution < -0.4 is 10.2 Å². The number of anilines is 2. The van der Waals surface area contributed by atoms with Crippen molar-refractivity contribution in [3.05, 3.63) is 54.3 Å². The first kappa shape index (κ1) is 17.8. The summed E-state index contributed by atoms with van der Waals surface area (Å²) in [6.45, 7) is 0. The minimum Gasteiger partial charge on any atom is -0.324 e. The number of hydrogen-bond acceptors (Lipinski definition) is 3. The summed E-state index contributed by atoms with van der Waals surface area (Å²) in [5, 5.41) is 2.59. The van der Waals surface area contributed by atoms with Gasteiger partial charge >= 0.3 is 0 Å². The number of amides is 2. The van der Waals surface area contributed by atoms with Gasteiger partial charge in [-0.1, -0.05) is 37.1 Å². The highest BCUT2D eigenvalue weighted by Gasteiger charge is 2.44. The molecule has 6 nitrogen and oxygen atoms in total. The van der Waals surface area contributed by atoms with Crippen molar-refractivity contribution in [3.63, 3.8) is 0 Å². The predicted molar refractivity (Wildman–Crippen MR) is 108 cm³/mol. The van der Waals surface area contributed by atoms with E-state index in [1.165, 1.54) is 12.1 Å². The van der Waals surface area contributed by atoms with Crippen LogP contribution in [0.1, 0.15) is 38.1 Å². The number of nitrogens with zero attached hydrogens (tertiary/aromatic N) is 3. The minimum absolute atomic E-state index is 0.0657. The number of fused-ring (bicyclic) bond motifs is 3. The predicted octanol–water partition coefficient (Wildman–Crippen LogP) is 4.03. The third-order valence-electron chi connectivity index (χ3n) is 5.84. The van der Waals surface area contributed by atoms with Gasteiger partial charge in [0.2, 0.25) is 11.9 Å². The normalized spacial score (nSPS) is 19.1. The topological polar surface area (TPSA) is 67.2 Å². The minimum atomic E-state index is -0.676. The van der Waals surface area contributed by atoms with Crippen molar-refractivity contribution in [1.82, 2.24) is 9.55 Å². The number of benzene rings is 2. The van der Waals surface area contributed by atoms with Crippen molar-refractivity contribution >= 4 is 34.5 Å². The Morgan fingerprint density at radius 1 is 1.10 bits per heavy atom. The fourth-order valence-corrected chi connectivity index (χ4v) is 4.50. The lowest BCUT2D eigenvalue weighted by Gasteiger charge is -2.22. The number of para-hydroxylation sites is 3. The third-order valence-corrected chi connectivity index (χ3v) is 5.84. The van der Waals surface area contributed by atoms with Gasteiger partial charge in [-0.15, -0.1) is 0 Å². The maximum atomic E-state index is 13.9. The van der Waals surface area contributed by atoms with Crippen molar-refractivity contribution in [1.29, 1.82) is 0 Å². The standard InChI is InChI=1S/C22H21FN4O2/c23-15-9-3-4-10-16(15)24-20(28)13-19-21(29)26(14-7-1-2-8-14)22-25-17-11-5-6-12-18(17)27(19)22/h3-6,9-12,14,19H,1-2,7-8,13H2,(H,24,28)/t19-/m0/s1. The van der Waals surface area contributed by atoms with E-state index >= 15 is 0 Å². The number of carbonyl (C=O) groups excluding carboxylic acids is 2. The largest absolute Gasteiger partial charge is 0.324 e. The van der Waals surface area contributed by atoms with Crippen molar-refractivity contribution in [2.75, 3.05) is 10.2 Å². The molecule has 2 aliphatic rings. The van der Waals surface area contributed by atoms with Crippen LogP contribution in [-0.4, -0.2) is 27.4 Å². The van der Waals surface area contributed by atoms with Crippen LogP contribution in [0.15, 0.2) is 48.5 Å². The first-order valence-electron chi connectivity index (χ1n) is 9.98. The number of nitrogens with one attached hydrogen (secondary N) is 1. The van der Waals surface area contributed by atoms with Gasteiger partial charge in [-0.2, -0.15) is 0 Å². The number of carbonyl (C=O) groups is 2. The van der Waals surface area contributed by atoms with E-state index in [4.69, 9.17) is 4.98 Å². The molecule has 1 N–H and O–H groups in total. The maximum Gasteiger partial charge on any atom is 0.253 e. The molecule has 148 valence electrons. The summed E-state index contributed by atoms with van der Waals surface area (Å²) in [7, 11) is 0. The molecule has 1 saturated carbocycles. The quantitative estimate of drug-likeness (QED) is 0.729. The summed E-state index contributed by atoms with van der Waals surface area (Å²) < 4.78 is 15.8. The third kappa shape index (κ3) is 2.97. The van der Waals surface area contributed by atoms with E-state index in [9.17, 15) is 14.0 Å². The molecule has 7 heteroatoms. The lowest BCUT2D eigenvalue weighted by Crippen LogP contribution is -2.38. The molecule has 0 unspecified atom stereocenters. The van der Waals surface area contributed by atoms with E-state index in [0.717, 1.165) is 36.7 Å². The Morgan fingerprint density at radius 3 is 2.62 bits per heavy atom. The molecule has 0 bridgehead atoms. The second kappa shape index (κ2) is 6.99. The van der Waals surface area contributed by atoms with Crippen LogP contribution >= 0.6 is 0 Å². The number of hydrogen-bond donors (Lipinski definition) is 1. The Kier molecular flexibility index (Phi) is 4.30. The van der Waals surface area contributed by atoms with Gasteiger partial charge in [-0.3, -0.25) is 19.1 Å².